The van der Waals surface area contributed by atoms with Crippen LogP contribution < -0.4 is 9.64 Å². The van der Waals surface area contributed by atoms with E-state index in [1.165, 1.54) is 6.08 Å². The average Bonchev–Trinajstić information content (AvgIpc) is 3.43. The Bertz CT molecular complexity index is 1640. The summed E-state index contributed by atoms with van der Waals surface area (Å²) < 4.78 is 6.23. The highest BCUT2D eigenvalue weighted by molar-refractivity contribution is 5.98. The molecule has 0 unspecified atom stereocenters. The van der Waals surface area contributed by atoms with Gasteiger partial charge in [-0.2, -0.15) is 9.97 Å². The fourth-order valence-corrected chi connectivity index (χ4v) is 5.97. The van der Waals surface area contributed by atoms with Crippen LogP contribution in [0.25, 0.3) is 37.8 Å². The lowest BCUT2D eigenvalue weighted by atomic mass is 10.0. The fourth-order valence-electron chi connectivity index (χ4n) is 5.97. The first-order valence-corrected chi connectivity index (χ1v) is 14.1. The van der Waals surface area contributed by atoms with E-state index >= 15 is 0 Å². The van der Waals surface area contributed by atoms with E-state index in [1.54, 1.807) is 4.90 Å². The van der Waals surface area contributed by atoms with E-state index in [-0.39, 0.29) is 18.5 Å². The van der Waals surface area contributed by atoms with Gasteiger partial charge in [-0.05, 0) is 49.3 Å². The zero-order chi connectivity index (χ0) is 28.3. The van der Waals surface area contributed by atoms with Crippen LogP contribution in [-0.2, 0) is 4.79 Å². The van der Waals surface area contributed by atoms with Crippen molar-refractivity contribution in [2.75, 3.05) is 51.3 Å². The number of piperazine rings is 1. The Hall–Kier alpha value is -4.55. The van der Waals surface area contributed by atoms with Crippen molar-refractivity contribution in [2.45, 2.75) is 24.9 Å². The third-order valence-electron chi connectivity index (χ3n) is 8.22. The smallest absolute Gasteiger partial charge is 0.319 e. The van der Waals surface area contributed by atoms with E-state index < -0.39 is 0 Å². The number of likely N-dealkylation sites (tertiary alicyclic amines) is 1. The molecule has 9 nitrogen and oxygen atoms in total. The van der Waals surface area contributed by atoms with Crippen molar-refractivity contribution in [3.63, 3.8) is 0 Å². The number of benzene rings is 2. The van der Waals surface area contributed by atoms with Crippen molar-refractivity contribution in [3.8, 4) is 17.3 Å². The minimum atomic E-state index is -0.267. The van der Waals surface area contributed by atoms with Gasteiger partial charge in [0.1, 0.15) is 18.5 Å². The normalized spacial score (nSPS) is 19.4. The van der Waals surface area contributed by atoms with Crippen molar-refractivity contribution in [3.05, 3.63) is 78.8 Å². The van der Waals surface area contributed by atoms with Gasteiger partial charge in [0.05, 0.1) is 16.6 Å². The number of likely N-dealkylation sites (N-methyl/N-ethyl adjacent to an activating group) is 1. The number of nitrogens with zero attached hydrogens (tertiary/aromatic N) is 7. The number of rotatable bonds is 7. The Morgan fingerprint density at radius 1 is 1.12 bits per heavy atom. The summed E-state index contributed by atoms with van der Waals surface area (Å²) >= 11 is 0. The summed E-state index contributed by atoms with van der Waals surface area (Å²) in [5.41, 5.74) is 2.61. The second kappa shape index (κ2) is 11.5. The number of fused-ring (bicyclic) bond motifs is 2. The van der Waals surface area contributed by atoms with Crippen LogP contribution in [0.5, 0.6) is 6.01 Å². The van der Waals surface area contributed by atoms with E-state index in [1.807, 2.05) is 30.5 Å². The second-order valence-corrected chi connectivity index (χ2v) is 10.7. The van der Waals surface area contributed by atoms with Crippen LogP contribution in [-0.4, -0.2) is 89.1 Å². The molecule has 2 saturated heterocycles. The van der Waals surface area contributed by atoms with Crippen molar-refractivity contribution < 1.29 is 9.53 Å². The second-order valence-electron chi connectivity index (χ2n) is 10.7. The summed E-state index contributed by atoms with van der Waals surface area (Å²) in [6, 6.07) is 16.9. The Balaban J connectivity index is 1.40. The topological polar surface area (TPSA) is 79.1 Å². The number of anilines is 1. The molecule has 4 aromatic rings. The van der Waals surface area contributed by atoms with Gasteiger partial charge in [-0.25, -0.2) is 6.57 Å². The van der Waals surface area contributed by atoms with E-state index in [2.05, 4.69) is 52.5 Å². The van der Waals surface area contributed by atoms with Crippen LogP contribution in [0, 0.1) is 6.57 Å². The van der Waals surface area contributed by atoms with Gasteiger partial charge in [0.15, 0.2) is 0 Å². The first kappa shape index (κ1) is 26.7. The molecule has 2 aliphatic heterocycles. The summed E-state index contributed by atoms with van der Waals surface area (Å²) in [5, 5.41) is 3.09. The molecule has 2 atom stereocenters. The number of carbonyl (C=O) groups excluding carboxylic acids is 1. The minimum absolute atomic E-state index is 0.156. The third kappa shape index (κ3) is 5.31. The Morgan fingerprint density at radius 3 is 2.78 bits per heavy atom. The van der Waals surface area contributed by atoms with Crippen molar-refractivity contribution in [1.29, 1.82) is 0 Å². The predicted octanol–water partition coefficient (Wildman–Crippen LogP) is 4.44. The molecule has 41 heavy (non-hydrogen) atoms. The predicted molar refractivity (Wildman–Crippen MR) is 161 cm³/mol. The summed E-state index contributed by atoms with van der Waals surface area (Å²) in [7, 11) is 2.12. The molecule has 4 heterocycles. The maximum Gasteiger partial charge on any atom is 0.319 e. The molecule has 9 heteroatoms. The highest BCUT2D eigenvalue weighted by Gasteiger charge is 2.33. The Labute approximate surface area is 239 Å². The molecular formula is C32H33N7O2. The van der Waals surface area contributed by atoms with Gasteiger partial charge >= 0.3 is 6.01 Å². The summed E-state index contributed by atoms with van der Waals surface area (Å²) in [5.74, 6) is 0.555. The molecule has 6 rings (SSSR count). The maximum absolute atomic E-state index is 12.5. The molecule has 0 N–H and O–H groups in total. The third-order valence-corrected chi connectivity index (χ3v) is 8.22. The number of hydrogen-bond acceptors (Lipinski definition) is 7. The quantitative estimate of drug-likeness (QED) is 0.250. The molecule has 0 radical (unpaired) electrons. The van der Waals surface area contributed by atoms with Gasteiger partial charge in [0.25, 0.3) is 0 Å². The van der Waals surface area contributed by atoms with E-state index in [9.17, 15) is 4.79 Å². The number of aromatic nitrogens is 3. The molecule has 0 aliphatic carbocycles. The lowest BCUT2D eigenvalue weighted by molar-refractivity contribution is -0.128. The molecule has 0 spiro atoms. The van der Waals surface area contributed by atoms with Crippen LogP contribution in [0.2, 0.25) is 0 Å². The number of ether oxygens (including phenoxy) is 1. The van der Waals surface area contributed by atoms with E-state index in [0.29, 0.717) is 44.1 Å². The fraction of sp³-hybridized carbons (Fsp3) is 0.344. The number of amides is 1. The zero-order valence-corrected chi connectivity index (χ0v) is 23.2. The van der Waals surface area contributed by atoms with Crippen LogP contribution >= 0.6 is 0 Å². The molecule has 208 valence electrons. The largest absolute Gasteiger partial charge is 0.462 e. The van der Waals surface area contributed by atoms with Crippen LogP contribution in [0.4, 0.5) is 5.82 Å². The molecular weight excluding hydrogens is 514 g/mol. The highest BCUT2D eigenvalue weighted by atomic mass is 16.5. The first-order chi connectivity index (χ1) is 20.1. The SMILES string of the molecule is [C-]#[N+]C[C@H]1CN(c2nc(OC[C@@H]3CCCN3C)nc3cc(-c4cccc5ccccc45)ncc23)CCN1C(=O)C=C. The van der Waals surface area contributed by atoms with Crippen molar-refractivity contribution in [1.82, 2.24) is 24.8 Å². The lowest BCUT2D eigenvalue weighted by Crippen LogP contribution is -2.56. The molecule has 0 bridgehead atoms. The van der Waals surface area contributed by atoms with Crippen molar-refractivity contribution in [2.24, 2.45) is 0 Å². The Morgan fingerprint density at radius 2 is 1.98 bits per heavy atom. The molecule has 2 aromatic carbocycles. The van der Waals surface area contributed by atoms with Gasteiger partial charge in [-0.3, -0.25) is 9.78 Å². The molecule has 2 fully saturated rings. The van der Waals surface area contributed by atoms with Crippen LogP contribution in [0.1, 0.15) is 12.8 Å². The van der Waals surface area contributed by atoms with Crippen LogP contribution in [0.15, 0.2) is 67.4 Å². The van der Waals surface area contributed by atoms with E-state index in [0.717, 1.165) is 52.3 Å². The van der Waals surface area contributed by atoms with Gasteiger partial charge < -0.3 is 24.3 Å². The van der Waals surface area contributed by atoms with Gasteiger partial charge in [0.2, 0.25) is 12.5 Å². The van der Waals surface area contributed by atoms with Crippen LogP contribution in [0.3, 0.4) is 0 Å². The lowest BCUT2D eigenvalue weighted by Gasteiger charge is -2.39. The monoisotopic (exact) mass is 547 g/mol. The number of carbonyl (C=O) groups is 1. The van der Waals surface area contributed by atoms with Gasteiger partial charge in [-0.1, -0.05) is 49.0 Å². The van der Waals surface area contributed by atoms with Crippen molar-refractivity contribution >= 4 is 33.4 Å². The number of pyridine rings is 1. The summed E-state index contributed by atoms with van der Waals surface area (Å²) in [6.07, 6.45) is 5.40. The van der Waals surface area contributed by atoms with Gasteiger partial charge in [-0.15, -0.1) is 0 Å². The zero-order valence-electron chi connectivity index (χ0n) is 23.2. The standard InChI is InChI=1S/C32H33N7O2/c1-4-30(40)39-16-15-38(20-24(39)18-33-2)31-27-19-34-28(26-13-7-10-22-9-5-6-12-25(22)26)17-29(27)35-32(36-31)41-21-23-11-8-14-37(23)3/h4-7,9-10,12-13,17,19,23-24H,1,8,11,14-16,18,20-21H2,3H3/t23-,24-/m0/s1. The average molecular weight is 548 g/mol. The summed E-state index contributed by atoms with van der Waals surface area (Å²) in [6.45, 7) is 14.4. The molecule has 2 aliphatic rings. The molecule has 1 amide bonds. The number of hydrogen-bond donors (Lipinski definition) is 0. The summed E-state index contributed by atoms with van der Waals surface area (Å²) in [4.78, 5) is 36.9. The highest BCUT2D eigenvalue weighted by Crippen LogP contribution is 2.33. The maximum atomic E-state index is 12.5. The molecule has 2 aromatic heterocycles. The van der Waals surface area contributed by atoms with Gasteiger partial charge in [0, 0.05) is 37.4 Å². The molecule has 0 saturated carbocycles. The van der Waals surface area contributed by atoms with E-state index in [4.69, 9.17) is 26.3 Å². The Kier molecular flexibility index (Phi) is 7.49. The first-order valence-electron chi connectivity index (χ1n) is 14.1. The minimum Gasteiger partial charge on any atom is -0.462 e.